The molecule has 4 rings (SSSR count). The van der Waals surface area contributed by atoms with Crippen LogP contribution in [0.5, 0.6) is 0 Å². The summed E-state index contributed by atoms with van der Waals surface area (Å²) in [4.78, 5) is 27.4. The van der Waals surface area contributed by atoms with E-state index in [-0.39, 0.29) is 17.9 Å². The van der Waals surface area contributed by atoms with Crippen molar-refractivity contribution in [2.75, 3.05) is 24.5 Å². The Morgan fingerprint density at radius 3 is 2.26 bits per heavy atom. The van der Waals surface area contributed by atoms with Crippen molar-refractivity contribution in [1.82, 2.24) is 9.62 Å². The Kier molecular flexibility index (Phi) is 7.23. The van der Waals surface area contributed by atoms with Crippen molar-refractivity contribution in [2.45, 2.75) is 56.0 Å². The van der Waals surface area contributed by atoms with Gasteiger partial charge in [-0.25, -0.2) is 13.2 Å². The zero-order valence-electron chi connectivity index (χ0n) is 19.3. The van der Waals surface area contributed by atoms with Crippen LogP contribution in [0.4, 0.5) is 5.69 Å². The van der Waals surface area contributed by atoms with Crippen molar-refractivity contribution >= 4 is 27.6 Å². The number of sulfonamides is 1. The zero-order valence-corrected chi connectivity index (χ0v) is 20.1. The van der Waals surface area contributed by atoms with E-state index in [9.17, 15) is 23.1 Å². The van der Waals surface area contributed by atoms with Gasteiger partial charge in [0.15, 0.2) is 0 Å². The van der Waals surface area contributed by atoms with Gasteiger partial charge in [-0.15, -0.1) is 0 Å². The van der Waals surface area contributed by atoms with Crippen LogP contribution < -0.4 is 10.2 Å². The maximum absolute atomic E-state index is 13.1. The number of benzene rings is 2. The molecule has 0 aliphatic carbocycles. The van der Waals surface area contributed by atoms with E-state index in [4.69, 9.17) is 0 Å². The van der Waals surface area contributed by atoms with Crippen LogP contribution in [0.15, 0.2) is 53.4 Å². The number of aliphatic carboxylic acids is 1. The minimum absolute atomic E-state index is 0.124. The summed E-state index contributed by atoms with van der Waals surface area (Å²) in [6.07, 6.45) is 3.37. The zero-order chi connectivity index (χ0) is 24.3. The van der Waals surface area contributed by atoms with E-state index < -0.39 is 34.0 Å². The van der Waals surface area contributed by atoms with Gasteiger partial charge in [-0.1, -0.05) is 29.8 Å². The highest BCUT2D eigenvalue weighted by molar-refractivity contribution is 7.89. The lowest BCUT2D eigenvalue weighted by atomic mass is 10.0. The second-order valence-corrected chi connectivity index (χ2v) is 10.9. The fourth-order valence-electron chi connectivity index (χ4n) is 4.66. The number of nitrogens with one attached hydrogen (secondary N) is 1. The van der Waals surface area contributed by atoms with Gasteiger partial charge in [-0.05, 0) is 62.4 Å². The number of carbonyl (C=O) groups is 2. The number of hydrogen-bond acceptors (Lipinski definition) is 5. The lowest BCUT2D eigenvalue weighted by Crippen LogP contribution is -2.51. The number of anilines is 1. The fraction of sp³-hybridized carbons (Fsp3) is 0.440. The molecule has 34 heavy (non-hydrogen) atoms. The molecule has 0 bridgehead atoms. The van der Waals surface area contributed by atoms with E-state index in [1.54, 1.807) is 12.1 Å². The first kappa shape index (κ1) is 24.2. The Balaban J connectivity index is 1.44. The van der Waals surface area contributed by atoms with Crippen molar-refractivity contribution in [3.63, 3.8) is 0 Å². The van der Waals surface area contributed by atoms with E-state index in [0.717, 1.165) is 29.9 Å². The molecule has 182 valence electrons. The molecule has 9 heteroatoms. The third kappa shape index (κ3) is 5.26. The predicted molar refractivity (Wildman–Crippen MR) is 129 cm³/mol. The summed E-state index contributed by atoms with van der Waals surface area (Å²) in [6.45, 7) is 4.14. The highest BCUT2D eigenvalue weighted by Crippen LogP contribution is 2.27. The van der Waals surface area contributed by atoms with Crippen molar-refractivity contribution in [2.24, 2.45) is 0 Å². The molecule has 2 aromatic rings. The summed E-state index contributed by atoms with van der Waals surface area (Å²) < 4.78 is 27.5. The Morgan fingerprint density at radius 1 is 1.00 bits per heavy atom. The molecule has 2 heterocycles. The molecule has 2 saturated heterocycles. The molecule has 2 N–H and O–H groups in total. The van der Waals surface area contributed by atoms with Gasteiger partial charge in [0.05, 0.1) is 4.90 Å². The third-order valence-electron chi connectivity index (χ3n) is 6.60. The van der Waals surface area contributed by atoms with E-state index in [2.05, 4.69) is 10.2 Å². The first-order chi connectivity index (χ1) is 16.3. The SMILES string of the molecule is Cc1ccc(S(=O)(=O)N2CCC[C@H]2C(=O)N[C@@H](Cc2ccc(N3CCCC3)cc2)C(=O)O)cc1. The molecule has 2 fully saturated rings. The van der Waals surface area contributed by atoms with Crippen LogP contribution in [0.1, 0.15) is 36.8 Å². The molecule has 1 amide bonds. The Bertz CT molecular complexity index is 1130. The van der Waals surface area contributed by atoms with Gasteiger partial charge in [0, 0.05) is 31.7 Å². The lowest BCUT2D eigenvalue weighted by molar-refractivity contribution is -0.142. The van der Waals surface area contributed by atoms with Crippen LogP contribution in [0, 0.1) is 6.92 Å². The number of aryl methyl sites for hydroxylation is 1. The maximum atomic E-state index is 13.1. The quantitative estimate of drug-likeness (QED) is 0.595. The van der Waals surface area contributed by atoms with Gasteiger partial charge in [0.25, 0.3) is 0 Å². The molecule has 2 atom stereocenters. The van der Waals surface area contributed by atoms with Gasteiger partial charge >= 0.3 is 5.97 Å². The molecule has 0 unspecified atom stereocenters. The van der Waals surface area contributed by atoms with Crippen molar-refractivity contribution in [3.05, 3.63) is 59.7 Å². The topological polar surface area (TPSA) is 107 Å². The normalized spacial score (nSPS) is 19.8. The second kappa shape index (κ2) is 10.1. The standard InChI is InChI=1S/C25H31N3O5S/c1-18-6-12-21(13-7-18)34(32,33)28-16-4-5-23(28)24(29)26-22(25(30)31)17-19-8-10-20(11-9-19)27-14-2-3-15-27/h6-13,22-23H,2-5,14-17H2,1H3,(H,26,29)(H,30,31)/t22-,23-/m0/s1. The van der Waals surface area contributed by atoms with Gasteiger partial charge < -0.3 is 15.3 Å². The molecule has 2 aliphatic rings. The third-order valence-corrected chi connectivity index (χ3v) is 8.52. The first-order valence-corrected chi connectivity index (χ1v) is 13.2. The first-order valence-electron chi connectivity index (χ1n) is 11.7. The number of carboxylic acids is 1. The Labute approximate surface area is 200 Å². The van der Waals surface area contributed by atoms with Crippen molar-refractivity contribution < 1.29 is 23.1 Å². The molecular weight excluding hydrogens is 454 g/mol. The van der Waals surface area contributed by atoms with E-state index >= 15 is 0 Å². The molecular formula is C25H31N3O5S. The van der Waals surface area contributed by atoms with Gasteiger partial charge in [0.2, 0.25) is 15.9 Å². The largest absolute Gasteiger partial charge is 0.480 e. The van der Waals surface area contributed by atoms with E-state index in [1.165, 1.54) is 29.3 Å². The molecule has 0 saturated carbocycles. The van der Waals surface area contributed by atoms with Crippen LogP contribution in [0.3, 0.4) is 0 Å². The van der Waals surface area contributed by atoms with E-state index in [0.29, 0.717) is 12.8 Å². The lowest BCUT2D eigenvalue weighted by Gasteiger charge is -2.25. The summed E-state index contributed by atoms with van der Waals surface area (Å²) in [6, 6.07) is 12.2. The number of carbonyl (C=O) groups excluding carboxylic acids is 1. The molecule has 0 spiro atoms. The second-order valence-electron chi connectivity index (χ2n) is 9.05. The van der Waals surface area contributed by atoms with Crippen LogP contribution in [0.2, 0.25) is 0 Å². The van der Waals surface area contributed by atoms with Gasteiger partial charge in [-0.2, -0.15) is 4.31 Å². The highest BCUT2D eigenvalue weighted by Gasteiger charge is 2.40. The van der Waals surface area contributed by atoms with Crippen LogP contribution in [-0.2, 0) is 26.0 Å². The van der Waals surface area contributed by atoms with Crippen molar-refractivity contribution in [3.8, 4) is 0 Å². The Morgan fingerprint density at radius 2 is 1.65 bits per heavy atom. The summed E-state index contributed by atoms with van der Waals surface area (Å²) in [5, 5.41) is 12.3. The number of hydrogen-bond donors (Lipinski definition) is 2. The summed E-state index contributed by atoms with van der Waals surface area (Å²) in [7, 11) is -3.86. The predicted octanol–water partition coefficient (Wildman–Crippen LogP) is 2.56. The maximum Gasteiger partial charge on any atom is 0.326 e. The smallest absolute Gasteiger partial charge is 0.326 e. The average molecular weight is 486 g/mol. The number of carboxylic acid groups (broad SMARTS) is 1. The van der Waals surface area contributed by atoms with E-state index in [1.807, 2.05) is 31.2 Å². The average Bonchev–Trinajstić information content (AvgIpc) is 3.52. The fourth-order valence-corrected chi connectivity index (χ4v) is 6.31. The summed E-state index contributed by atoms with van der Waals surface area (Å²) in [5.74, 6) is -1.72. The summed E-state index contributed by atoms with van der Waals surface area (Å²) in [5.41, 5.74) is 2.85. The van der Waals surface area contributed by atoms with Crippen LogP contribution >= 0.6 is 0 Å². The number of nitrogens with zero attached hydrogens (tertiary/aromatic N) is 2. The minimum atomic E-state index is -3.86. The molecule has 2 aromatic carbocycles. The molecule has 0 aromatic heterocycles. The van der Waals surface area contributed by atoms with Gasteiger partial charge in [-0.3, -0.25) is 4.79 Å². The minimum Gasteiger partial charge on any atom is -0.480 e. The monoisotopic (exact) mass is 485 g/mol. The Hall–Kier alpha value is -2.91. The molecule has 2 aliphatic heterocycles. The summed E-state index contributed by atoms with van der Waals surface area (Å²) >= 11 is 0. The number of amides is 1. The van der Waals surface area contributed by atoms with Crippen LogP contribution in [-0.4, -0.2) is 61.4 Å². The number of rotatable bonds is 8. The highest BCUT2D eigenvalue weighted by atomic mass is 32.2. The van der Waals surface area contributed by atoms with Crippen molar-refractivity contribution in [1.29, 1.82) is 0 Å². The molecule has 0 radical (unpaired) electrons. The van der Waals surface area contributed by atoms with Gasteiger partial charge in [0.1, 0.15) is 12.1 Å². The van der Waals surface area contributed by atoms with Crippen LogP contribution in [0.25, 0.3) is 0 Å². The molecule has 8 nitrogen and oxygen atoms in total.